The van der Waals surface area contributed by atoms with Crippen LogP contribution in [0, 0.1) is 6.92 Å². The van der Waals surface area contributed by atoms with Gasteiger partial charge in [0.2, 0.25) is 0 Å². The van der Waals surface area contributed by atoms with Crippen LogP contribution in [0.4, 0.5) is 0 Å². The molecule has 110 valence electrons. The highest BCUT2D eigenvalue weighted by molar-refractivity contribution is 7.53. The number of aromatic nitrogens is 1. The average Bonchev–Trinajstić information content (AvgIpc) is 2.32. The molecule has 19 heavy (non-hydrogen) atoms. The molecule has 0 saturated carbocycles. The first-order chi connectivity index (χ1) is 8.59. The molecule has 0 aliphatic heterocycles. The number of halogens is 1. The molecule has 1 aromatic rings. The van der Waals surface area contributed by atoms with Gasteiger partial charge < -0.3 is 26.0 Å². The Hall–Kier alpha value is -0.220. The van der Waals surface area contributed by atoms with E-state index in [4.69, 9.17) is 9.05 Å². The predicted molar refractivity (Wildman–Crippen MR) is 71.7 cm³/mol. The molecule has 0 N–H and O–H groups in total. The highest BCUT2D eigenvalue weighted by Gasteiger charge is 2.23. The second-order valence-electron chi connectivity index (χ2n) is 4.14. The van der Waals surface area contributed by atoms with E-state index in [1.54, 1.807) is 0 Å². The molecule has 1 rings (SSSR count). The van der Waals surface area contributed by atoms with Gasteiger partial charge in [-0.25, -0.2) is 4.57 Å². The average molecular weight is 352 g/mol. The van der Waals surface area contributed by atoms with Crippen LogP contribution in [-0.4, -0.2) is 19.4 Å². The molecule has 1 aromatic heterocycles. The zero-order chi connectivity index (χ0) is 13.4. The number of hydrogen-bond acceptors (Lipinski definition) is 3. The van der Waals surface area contributed by atoms with Crippen molar-refractivity contribution in [3.8, 4) is 0 Å². The highest BCUT2D eigenvalue weighted by atomic mass is 79.9. The molecule has 0 aliphatic carbocycles. The third kappa shape index (κ3) is 7.21. The smallest absolute Gasteiger partial charge is 0.330 e. The van der Waals surface area contributed by atoms with Crippen LogP contribution in [0.15, 0.2) is 24.5 Å². The van der Waals surface area contributed by atoms with Gasteiger partial charge in [0.05, 0.1) is 19.4 Å². The van der Waals surface area contributed by atoms with Gasteiger partial charge in [-0.2, -0.15) is 0 Å². The summed E-state index contributed by atoms with van der Waals surface area (Å²) in [7, 11) is -2.88. The number of aryl methyl sites for hydroxylation is 2. The quantitative estimate of drug-likeness (QED) is 0.486. The van der Waals surface area contributed by atoms with Crippen molar-refractivity contribution in [1.82, 2.24) is 0 Å². The van der Waals surface area contributed by atoms with Crippen LogP contribution in [-0.2, 0) is 20.2 Å². The van der Waals surface area contributed by atoms with E-state index in [-0.39, 0.29) is 17.0 Å². The van der Waals surface area contributed by atoms with Crippen molar-refractivity contribution < 1.29 is 35.2 Å². The van der Waals surface area contributed by atoms with Crippen LogP contribution < -0.4 is 21.5 Å². The second kappa shape index (κ2) is 9.65. The molecule has 0 atom stereocenters. The molecule has 0 radical (unpaired) electrons. The Morgan fingerprint density at radius 2 is 1.68 bits per heavy atom. The van der Waals surface area contributed by atoms with E-state index in [9.17, 15) is 4.57 Å². The summed E-state index contributed by atoms with van der Waals surface area (Å²) in [5.41, 5.74) is 1.24. The second-order valence-corrected chi connectivity index (χ2v) is 6.32. The molecule has 4 nitrogen and oxygen atoms in total. The number of hydrogen-bond donors (Lipinski definition) is 0. The minimum Gasteiger partial charge on any atom is -1.00 e. The lowest BCUT2D eigenvalue weighted by atomic mass is 10.3. The van der Waals surface area contributed by atoms with Gasteiger partial charge in [-0.3, -0.25) is 4.57 Å². The maximum absolute atomic E-state index is 12.2. The van der Waals surface area contributed by atoms with Gasteiger partial charge in [0, 0.05) is 18.6 Å². The van der Waals surface area contributed by atoms with Gasteiger partial charge in [0.15, 0.2) is 12.4 Å². The van der Waals surface area contributed by atoms with Gasteiger partial charge in [0.1, 0.15) is 6.54 Å². The largest absolute Gasteiger partial charge is 1.00 e. The van der Waals surface area contributed by atoms with E-state index >= 15 is 0 Å². The molecule has 0 aromatic carbocycles. The molecular formula is C13H23BrNO3P. The van der Waals surface area contributed by atoms with Crippen LogP contribution in [0.1, 0.15) is 25.8 Å². The molecule has 0 aliphatic rings. The summed E-state index contributed by atoms with van der Waals surface area (Å²) in [6, 6.07) is 4.12. The standard InChI is InChI=1S/C13H23NO3P.BrH/c1-4-16-18(15,17-5-2)12-6-9-14-10-7-13(3)8-11-14;/h7-8,10-11H,4-6,9,12H2,1-3H3;1H/q+1;/p-1. The Kier molecular flexibility index (Phi) is 9.54. The van der Waals surface area contributed by atoms with E-state index in [2.05, 4.69) is 23.6 Å². The highest BCUT2D eigenvalue weighted by Crippen LogP contribution is 2.48. The molecule has 0 unspecified atom stereocenters. The molecule has 0 bridgehead atoms. The predicted octanol–water partition coefficient (Wildman–Crippen LogP) is -0.0573. The van der Waals surface area contributed by atoms with E-state index < -0.39 is 7.60 Å². The molecule has 0 fully saturated rings. The maximum Gasteiger partial charge on any atom is 0.330 e. The summed E-state index contributed by atoms with van der Waals surface area (Å²) < 4.78 is 24.8. The molecule has 1 heterocycles. The van der Waals surface area contributed by atoms with Gasteiger partial charge in [-0.15, -0.1) is 0 Å². The number of nitrogens with zero attached hydrogens (tertiary/aromatic N) is 1. The summed E-state index contributed by atoms with van der Waals surface area (Å²) >= 11 is 0. The Balaban J connectivity index is 0.00000324. The van der Waals surface area contributed by atoms with Gasteiger partial charge in [0.25, 0.3) is 0 Å². The lowest BCUT2D eigenvalue weighted by Crippen LogP contribution is -3.00. The van der Waals surface area contributed by atoms with E-state index in [1.165, 1.54) is 5.56 Å². The lowest BCUT2D eigenvalue weighted by molar-refractivity contribution is -0.696. The van der Waals surface area contributed by atoms with Crippen LogP contribution in [0.5, 0.6) is 0 Å². The van der Waals surface area contributed by atoms with Crippen molar-refractivity contribution in [2.75, 3.05) is 19.4 Å². The summed E-state index contributed by atoms with van der Waals surface area (Å²) in [4.78, 5) is 0. The Morgan fingerprint density at radius 3 is 2.16 bits per heavy atom. The van der Waals surface area contributed by atoms with Crippen LogP contribution in [0.2, 0.25) is 0 Å². The fraction of sp³-hybridized carbons (Fsp3) is 0.615. The fourth-order valence-electron chi connectivity index (χ4n) is 1.69. The monoisotopic (exact) mass is 351 g/mol. The number of pyridine rings is 1. The van der Waals surface area contributed by atoms with Crippen molar-refractivity contribution in [2.24, 2.45) is 0 Å². The van der Waals surface area contributed by atoms with E-state index in [0.717, 1.165) is 13.0 Å². The zero-order valence-corrected chi connectivity index (χ0v) is 14.3. The fourth-order valence-corrected chi connectivity index (χ4v) is 3.34. The SMILES string of the molecule is CCOP(=O)(CCC[n+]1ccc(C)cc1)OCC.[Br-]. The van der Waals surface area contributed by atoms with Crippen LogP contribution in [0.25, 0.3) is 0 Å². The number of rotatable bonds is 8. The summed E-state index contributed by atoms with van der Waals surface area (Å²) in [6.07, 6.45) is 5.31. The lowest BCUT2D eigenvalue weighted by Gasteiger charge is -2.15. The first kappa shape index (κ1) is 18.8. The van der Waals surface area contributed by atoms with Crippen molar-refractivity contribution >= 4 is 7.60 Å². The Morgan fingerprint density at radius 1 is 1.16 bits per heavy atom. The third-order valence-electron chi connectivity index (χ3n) is 2.56. The van der Waals surface area contributed by atoms with Gasteiger partial charge in [-0.1, -0.05) is 0 Å². The minimum atomic E-state index is -2.88. The molecule has 0 saturated heterocycles. The van der Waals surface area contributed by atoms with Crippen LogP contribution >= 0.6 is 7.60 Å². The zero-order valence-electron chi connectivity index (χ0n) is 11.8. The first-order valence-corrected chi connectivity index (χ1v) is 8.16. The summed E-state index contributed by atoms with van der Waals surface area (Å²) in [5.74, 6) is 0. The van der Waals surface area contributed by atoms with Crippen LogP contribution in [0.3, 0.4) is 0 Å². The van der Waals surface area contributed by atoms with Crippen molar-refractivity contribution in [2.45, 2.75) is 33.7 Å². The minimum absolute atomic E-state index is 0. The Bertz CT molecular complexity index is 387. The van der Waals surface area contributed by atoms with Gasteiger partial charge >= 0.3 is 7.60 Å². The maximum atomic E-state index is 12.2. The molecular weight excluding hydrogens is 329 g/mol. The normalized spacial score (nSPS) is 11.1. The van der Waals surface area contributed by atoms with Crippen molar-refractivity contribution in [3.63, 3.8) is 0 Å². The summed E-state index contributed by atoms with van der Waals surface area (Å²) in [6.45, 7) is 7.40. The summed E-state index contributed by atoms with van der Waals surface area (Å²) in [5, 5.41) is 0. The van der Waals surface area contributed by atoms with Crippen molar-refractivity contribution in [1.29, 1.82) is 0 Å². The molecule has 0 amide bonds. The van der Waals surface area contributed by atoms with E-state index in [0.29, 0.717) is 19.4 Å². The topological polar surface area (TPSA) is 39.4 Å². The van der Waals surface area contributed by atoms with Gasteiger partial charge in [-0.05, 0) is 26.3 Å². The first-order valence-electron chi connectivity index (χ1n) is 6.43. The van der Waals surface area contributed by atoms with Crippen molar-refractivity contribution in [3.05, 3.63) is 30.1 Å². The molecule has 0 spiro atoms. The molecule has 6 heteroatoms. The Labute approximate surface area is 126 Å². The third-order valence-corrected chi connectivity index (χ3v) is 4.72. The van der Waals surface area contributed by atoms with E-state index in [1.807, 2.05) is 26.2 Å².